The van der Waals surface area contributed by atoms with Crippen molar-refractivity contribution < 1.29 is 4.42 Å². The standard InChI is InChI=1S/C49H32N2O/c1-2-7-16-35(15-6-1)50-43-20-10-8-17-38(43)40-29-33(23-26-45(40)50)34-24-27-46-41(30-34)39-18-9-11-21-44(39)51(46)36-25-28-47-42(31-36)49-37(19-12-22-48(49)52-47)32-13-4-3-5-14-32/h1,3-31H,2H2. The number of para-hydroxylation sites is 2. The van der Waals surface area contributed by atoms with Crippen LogP contribution in [-0.2, 0) is 0 Å². The number of fused-ring (bicyclic) bond motifs is 9. The molecule has 3 aromatic heterocycles. The largest absolute Gasteiger partial charge is 0.456 e. The third-order valence-electron chi connectivity index (χ3n) is 10.7. The van der Waals surface area contributed by atoms with Crippen LogP contribution in [-0.4, -0.2) is 9.13 Å². The summed E-state index contributed by atoms with van der Waals surface area (Å²) >= 11 is 0. The summed E-state index contributed by atoms with van der Waals surface area (Å²) in [5.74, 6) is 0. The highest BCUT2D eigenvalue weighted by Crippen LogP contribution is 2.41. The van der Waals surface area contributed by atoms with Gasteiger partial charge >= 0.3 is 0 Å². The van der Waals surface area contributed by atoms with E-state index in [4.69, 9.17) is 4.42 Å². The molecule has 7 aromatic carbocycles. The van der Waals surface area contributed by atoms with Crippen molar-refractivity contribution in [2.75, 3.05) is 0 Å². The van der Waals surface area contributed by atoms with Crippen LogP contribution in [0.5, 0.6) is 0 Å². The summed E-state index contributed by atoms with van der Waals surface area (Å²) in [5.41, 5.74) is 13.7. The summed E-state index contributed by atoms with van der Waals surface area (Å²) < 4.78 is 11.2. The lowest BCUT2D eigenvalue weighted by atomic mass is 9.99. The normalized spacial score (nSPS) is 13.3. The zero-order chi connectivity index (χ0) is 34.2. The molecule has 0 fully saturated rings. The Morgan fingerprint density at radius 2 is 1.12 bits per heavy atom. The molecule has 0 bridgehead atoms. The first kappa shape index (κ1) is 28.9. The Morgan fingerprint density at radius 3 is 1.88 bits per heavy atom. The quantitative estimate of drug-likeness (QED) is 0.184. The van der Waals surface area contributed by atoms with Crippen LogP contribution < -0.4 is 0 Å². The van der Waals surface area contributed by atoms with Crippen LogP contribution in [0.4, 0.5) is 0 Å². The predicted molar refractivity (Wildman–Crippen MR) is 219 cm³/mol. The Kier molecular flexibility index (Phi) is 6.31. The number of aromatic nitrogens is 2. The molecule has 0 atom stereocenters. The summed E-state index contributed by atoms with van der Waals surface area (Å²) in [5, 5.41) is 7.25. The van der Waals surface area contributed by atoms with Crippen LogP contribution in [0.1, 0.15) is 6.42 Å². The van der Waals surface area contributed by atoms with E-state index in [0.29, 0.717) is 0 Å². The first-order chi connectivity index (χ1) is 25.8. The van der Waals surface area contributed by atoms with E-state index in [0.717, 1.165) is 34.0 Å². The minimum atomic E-state index is 0.893. The summed E-state index contributed by atoms with van der Waals surface area (Å²) in [6.45, 7) is 0. The maximum atomic E-state index is 6.41. The van der Waals surface area contributed by atoms with E-state index in [9.17, 15) is 0 Å². The first-order valence-electron chi connectivity index (χ1n) is 17.9. The molecule has 0 spiro atoms. The maximum Gasteiger partial charge on any atom is 0.136 e. The Morgan fingerprint density at radius 1 is 0.442 bits per heavy atom. The van der Waals surface area contributed by atoms with Crippen LogP contribution in [0.3, 0.4) is 0 Å². The number of benzene rings is 7. The Bertz CT molecular complexity index is 3140. The van der Waals surface area contributed by atoms with Crippen LogP contribution in [0, 0.1) is 0 Å². The molecule has 52 heavy (non-hydrogen) atoms. The highest BCUT2D eigenvalue weighted by molar-refractivity contribution is 6.15. The molecular weight excluding hydrogens is 633 g/mol. The van der Waals surface area contributed by atoms with Crippen molar-refractivity contribution in [2.24, 2.45) is 0 Å². The van der Waals surface area contributed by atoms with Crippen molar-refractivity contribution >= 4 is 71.2 Å². The average molecular weight is 665 g/mol. The third-order valence-corrected chi connectivity index (χ3v) is 10.7. The molecule has 1 aliphatic carbocycles. The van der Waals surface area contributed by atoms with E-state index in [2.05, 4.69) is 191 Å². The van der Waals surface area contributed by atoms with Crippen molar-refractivity contribution in [1.29, 1.82) is 0 Å². The van der Waals surface area contributed by atoms with Gasteiger partial charge < -0.3 is 13.6 Å². The van der Waals surface area contributed by atoms with Gasteiger partial charge in [-0.05, 0) is 101 Å². The topological polar surface area (TPSA) is 23.0 Å². The van der Waals surface area contributed by atoms with Gasteiger partial charge in [-0.1, -0.05) is 109 Å². The fourth-order valence-corrected chi connectivity index (χ4v) is 8.39. The van der Waals surface area contributed by atoms with Crippen molar-refractivity contribution in [3.05, 3.63) is 182 Å². The smallest absolute Gasteiger partial charge is 0.136 e. The number of nitrogens with zero attached hydrogens (tertiary/aromatic N) is 2. The van der Waals surface area contributed by atoms with Gasteiger partial charge in [0, 0.05) is 43.7 Å². The maximum absolute atomic E-state index is 6.41. The minimum absolute atomic E-state index is 0.893. The van der Waals surface area contributed by atoms with Crippen LogP contribution in [0.2, 0.25) is 0 Å². The van der Waals surface area contributed by atoms with E-state index >= 15 is 0 Å². The SMILES string of the molecule is C1=CCC=CC(n2c3ccccc3c3cc(-c4ccc5c(c4)c4ccccc4n5-c4ccc5oc6cccc(-c7ccccc7)c6c5c4)ccc32)=C1. The second-order valence-corrected chi connectivity index (χ2v) is 13.7. The van der Waals surface area contributed by atoms with Gasteiger partial charge in [0.05, 0.1) is 22.1 Å². The van der Waals surface area contributed by atoms with Gasteiger partial charge in [-0.15, -0.1) is 0 Å². The van der Waals surface area contributed by atoms with Crippen molar-refractivity contribution in [1.82, 2.24) is 9.13 Å². The lowest BCUT2D eigenvalue weighted by Crippen LogP contribution is -1.94. The molecule has 0 radical (unpaired) electrons. The average Bonchev–Trinajstić information content (AvgIpc) is 3.76. The summed E-state index contributed by atoms with van der Waals surface area (Å²) in [7, 11) is 0. The van der Waals surface area contributed by atoms with E-state index in [1.807, 2.05) is 0 Å². The monoisotopic (exact) mass is 664 g/mol. The van der Waals surface area contributed by atoms with Crippen molar-refractivity contribution in [3.8, 4) is 27.9 Å². The fourth-order valence-electron chi connectivity index (χ4n) is 8.39. The Labute approximate surface area is 300 Å². The van der Waals surface area contributed by atoms with Gasteiger partial charge in [0.25, 0.3) is 0 Å². The Balaban J connectivity index is 1.09. The molecule has 0 N–H and O–H groups in total. The predicted octanol–water partition coefficient (Wildman–Crippen LogP) is 13.5. The molecule has 0 saturated heterocycles. The molecule has 0 aliphatic heterocycles. The van der Waals surface area contributed by atoms with E-state index < -0.39 is 0 Å². The molecular formula is C49H32N2O. The molecule has 0 saturated carbocycles. The fraction of sp³-hybridized carbons (Fsp3) is 0.0204. The number of furan rings is 1. The highest BCUT2D eigenvalue weighted by Gasteiger charge is 2.18. The van der Waals surface area contributed by atoms with Crippen molar-refractivity contribution in [2.45, 2.75) is 6.42 Å². The first-order valence-corrected chi connectivity index (χ1v) is 17.9. The van der Waals surface area contributed by atoms with Crippen LogP contribution in [0.15, 0.2) is 186 Å². The zero-order valence-electron chi connectivity index (χ0n) is 28.3. The molecule has 3 nitrogen and oxygen atoms in total. The lowest BCUT2D eigenvalue weighted by molar-refractivity contribution is 0.669. The summed E-state index contributed by atoms with van der Waals surface area (Å²) in [4.78, 5) is 0. The molecule has 0 amide bonds. The number of allylic oxidation sites excluding steroid dienone is 6. The molecule has 3 heterocycles. The highest BCUT2D eigenvalue weighted by atomic mass is 16.3. The summed E-state index contributed by atoms with van der Waals surface area (Å²) in [6, 6.07) is 54.9. The molecule has 0 unspecified atom stereocenters. The molecule has 1 aliphatic rings. The van der Waals surface area contributed by atoms with Gasteiger partial charge in [0.2, 0.25) is 0 Å². The second-order valence-electron chi connectivity index (χ2n) is 13.7. The number of hydrogen-bond acceptors (Lipinski definition) is 1. The molecule has 244 valence electrons. The Hall–Kier alpha value is -6.84. The minimum Gasteiger partial charge on any atom is -0.456 e. The van der Waals surface area contributed by atoms with Crippen molar-refractivity contribution in [3.63, 3.8) is 0 Å². The van der Waals surface area contributed by atoms with Gasteiger partial charge in [0.15, 0.2) is 0 Å². The molecule has 11 rings (SSSR count). The molecule has 3 heteroatoms. The van der Waals surface area contributed by atoms with E-state index in [1.54, 1.807) is 0 Å². The lowest BCUT2D eigenvalue weighted by Gasteiger charge is -2.10. The number of hydrogen-bond donors (Lipinski definition) is 0. The van der Waals surface area contributed by atoms with Crippen LogP contribution >= 0.6 is 0 Å². The van der Waals surface area contributed by atoms with E-state index in [1.165, 1.54) is 71.6 Å². The second kappa shape index (κ2) is 11.3. The van der Waals surface area contributed by atoms with Gasteiger partial charge in [-0.2, -0.15) is 0 Å². The van der Waals surface area contributed by atoms with Gasteiger partial charge in [-0.3, -0.25) is 0 Å². The number of rotatable bonds is 4. The van der Waals surface area contributed by atoms with Crippen LogP contribution in [0.25, 0.3) is 99.2 Å². The third kappa shape index (κ3) is 4.33. The zero-order valence-corrected chi connectivity index (χ0v) is 28.3. The molecule has 10 aromatic rings. The van der Waals surface area contributed by atoms with Gasteiger partial charge in [-0.25, -0.2) is 0 Å². The summed E-state index contributed by atoms with van der Waals surface area (Å²) in [6.07, 6.45) is 12.0. The van der Waals surface area contributed by atoms with Gasteiger partial charge in [0.1, 0.15) is 11.2 Å². The van der Waals surface area contributed by atoms with E-state index in [-0.39, 0.29) is 0 Å².